The molecule has 0 aromatic heterocycles. The number of hydrogen-bond acceptors (Lipinski definition) is 4. The number of benzene rings is 2. The van der Waals surface area contributed by atoms with Crippen LogP contribution in [0.3, 0.4) is 0 Å². The first kappa shape index (κ1) is 20.7. The van der Waals surface area contributed by atoms with Gasteiger partial charge in [0, 0.05) is 9.26 Å². The van der Waals surface area contributed by atoms with E-state index in [-0.39, 0.29) is 24.9 Å². The third-order valence-corrected chi connectivity index (χ3v) is 4.36. The zero-order valence-electron chi connectivity index (χ0n) is 14.8. The molecule has 0 saturated carbocycles. The van der Waals surface area contributed by atoms with Crippen LogP contribution in [0, 0.1) is 3.57 Å². The first-order valence-corrected chi connectivity index (χ1v) is 9.39. The average molecular weight is 481 g/mol. The van der Waals surface area contributed by atoms with Gasteiger partial charge < -0.3 is 20.7 Å². The minimum absolute atomic E-state index is 0.190. The molecular formula is C19H20IN3O4. The molecule has 0 heterocycles. The van der Waals surface area contributed by atoms with Crippen molar-refractivity contribution in [3.63, 3.8) is 0 Å². The van der Waals surface area contributed by atoms with E-state index in [9.17, 15) is 14.4 Å². The predicted molar refractivity (Wildman–Crippen MR) is 111 cm³/mol. The minimum atomic E-state index is -0.448. The van der Waals surface area contributed by atoms with Crippen LogP contribution in [0.2, 0.25) is 0 Å². The highest BCUT2D eigenvalue weighted by Gasteiger charge is 2.11. The van der Waals surface area contributed by atoms with Gasteiger partial charge in [0.25, 0.3) is 5.91 Å². The Labute approximate surface area is 171 Å². The Hall–Kier alpha value is -2.62. The average Bonchev–Trinajstić information content (AvgIpc) is 2.66. The topological polar surface area (TPSA) is 96.5 Å². The number of carbonyl (C=O) groups excluding carboxylic acids is 3. The van der Waals surface area contributed by atoms with Crippen molar-refractivity contribution in [1.82, 2.24) is 10.6 Å². The number of carbonyl (C=O) groups is 3. The van der Waals surface area contributed by atoms with Gasteiger partial charge in [0.05, 0.1) is 25.3 Å². The molecule has 0 atom stereocenters. The summed E-state index contributed by atoms with van der Waals surface area (Å²) in [7, 11) is 0. The van der Waals surface area contributed by atoms with E-state index >= 15 is 0 Å². The summed E-state index contributed by atoms with van der Waals surface area (Å²) in [5.74, 6) is -0.436. The SMILES string of the molecule is CCOc1ccc(NC(=O)CNC(=O)CNC(=O)c2ccccc2I)cc1. The number of amides is 3. The van der Waals surface area contributed by atoms with Gasteiger partial charge in [-0.2, -0.15) is 0 Å². The molecule has 0 bridgehead atoms. The van der Waals surface area contributed by atoms with Crippen molar-refractivity contribution in [3.05, 3.63) is 57.7 Å². The molecule has 2 rings (SSSR count). The van der Waals surface area contributed by atoms with Crippen molar-refractivity contribution in [1.29, 1.82) is 0 Å². The molecule has 0 spiro atoms. The molecule has 0 aliphatic rings. The molecule has 142 valence electrons. The van der Waals surface area contributed by atoms with Crippen molar-refractivity contribution >= 4 is 46.0 Å². The number of ether oxygens (including phenoxy) is 1. The Balaban J connectivity index is 1.72. The van der Waals surface area contributed by atoms with Crippen LogP contribution < -0.4 is 20.7 Å². The van der Waals surface area contributed by atoms with Crippen molar-refractivity contribution in [2.45, 2.75) is 6.92 Å². The van der Waals surface area contributed by atoms with Crippen molar-refractivity contribution in [2.75, 3.05) is 25.0 Å². The minimum Gasteiger partial charge on any atom is -0.494 e. The van der Waals surface area contributed by atoms with Crippen LogP contribution in [0.4, 0.5) is 5.69 Å². The van der Waals surface area contributed by atoms with Crippen LogP contribution in [-0.4, -0.2) is 37.4 Å². The van der Waals surface area contributed by atoms with Gasteiger partial charge in [-0.25, -0.2) is 0 Å². The fraction of sp³-hybridized carbons (Fsp3) is 0.211. The predicted octanol–water partition coefficient (Wildman–Crippen LogP) is 2.17. The van der Waals surface area contributed by atoms with Gasteiger partial charge >= 0.3 is 0 Å². The van der Waals surface area contributed by atoms with Gasteiger partial charge in [-0.05, 0) is 65.9 Å². The Kier molecular flexibility index (Phi) is 8.05. The molecule has 2 aromatic carbocycles. The molecule has 2 aromatic rings. The first-order chi connectivity index (χ1) is 13.0. The summed E-state index contributed by atoms with van der Waals surface area (Å²) in [5, 5.41) is 7.66. The first-order valence-electron chi connectivity index (χ1n) is 8.31. The second-order valence-corrected chi connectivity index (χ2v) is 6.61. The molecule has 8 heteroatoms. The molecule has 0 aliphatic heterocycles. The lowest BCUT2D eigenvalue weighted by molar-refractivity contribution is -0.123. The van der Waals surface area contributed by atoms with Gasteiger partial charge in [0.15, 0.2) is 0 Å². The highest BCUT2D eigenvalue weighted by Crippen LogP contribution is 2.15. The number of hydrogen-bond donors (Lipinski definition) is 3. The summed E-state index contributed by atoms with van der Waals surface area (Å²) in [6.07, 6.45) is 0. The van der Waals surface area contributed by atoms with Gasteiger partial charge in [-0.15, -0.1) is 0 Å². The molecule has 0 unspecified atom stereocenters. The molecular weight excluding hydrogens is 461 g/mol. The lowest BCUT2D eigenvalue weighted by atomic mass is 10.2. The molecule has 0 aliphatic carbocycles. The Bertz CT molecular complexity index is 809. The second kappa shape index (κ2) is 10.5. The quantitative estimate of drug-likeness (QED) is 0.504. The fourth-order valence-electron chi connectivity index (χ4n) is 2.15. The maximum absolute atomic E-state index is 12.0. The van der Waals surface area contributed by atoms with Gasteiger partial charge in [0.1, 0.15) is 5.75 Å². The maximum Gasteiger partial charge on any atom is 0.252 e. The van der Waals surface area contributed by atoms with E-state index in [0.29, 0.717) is 23.6 Å². The van der Waals surface area contributed by atoms with Crippen molar-refractivity contribution in [3.8, 4) is 5.75 Å². The summed E-state index contributed by atoms with van der Waals surface area (Å²) in [6.45, 7) is 2.06. The Morgan fingerprint density at radius 1 is 0.926 bits per heavy atom. The van der Waals surface area contributed by atoms with Gasteiger partial charge in [0.2, 0.25) is 11.8 Å². The normalized spacial score (nSPS) is 10.0. The maximum atomic E-state index is 12.0. The molecule has 3 amide bonds. The van der Waals surface area contributed by atoms with E-state index < -0.39 is 5.91 Å². The second-order valence-electron chi connectivity index (χ2n) is 5.44. The molecule has 0 fully saturated rings. The molecule has 0 saturated heterocycles. The monoisotopic (exact) mass is 481 g/mol. The van der Waals surface area contributed by atoms with E-state index in [2.05, 4.69) is 38.5 Å². The van der Waals surface area contributed by atoms with Crippen LogP contribution >= 0.6 is 22.6 Å². The number of anilines is 1. The molecule has 27 heavy (non-hydrogen) atoms. The summed E-state index contributed by atoms with van der Waals surface area (Å²) in [6, 6.07) is 14.0. The summed E-state index contributed by atoms with van der Waals surface area (Å²) in [5.41, 5.74) is 1.10. The highest BCUT2D eigenvalue weighted by atomic mass is 127. The lowest BCUT2D eigenvalue weighted by Crippen LogP contribution is -2.40. The zero-order valence-corrected chi connectivity index (χ0v) is 16.9. The van der Waals surface area contributed by atoms with Crippen LogP contribution in [0.5, 0.6) is 5.75 Å². The van der Waals surface area contributed by atoms with Crippen molar-refractivity contribution in [2.24, 2.45) is 0 Å². The summed E-state index contributed by atoms with van der Waals surface area (Å²) in [4.78, 5) is 35.7. The summed E-state index contributed by atoms with van der Waals surface area (Å²) < 4.78 is 6.12. The van der Waals surface area contributed by atoms with Crippen LogP contribution in [0.25, 0.3) is 0 Å². The van der Waals surface area contributed by atoms with E-state index in [1.54, 1.807) is 42.5 Å². The zero-order chi connectivity index (χ0) is 19.6. The van der Waals surface area contributed by atoms with E-state index in [4.69, 9.17) is 4.74 Å². The van der Waals surface area contributed by atoms with Gasteiger partial charge in [-0.1, -0.05) is 12.1 Å². The third-order valence-electron chi connectivity index (χ3n) is 3.42. The third kappa shape index (κ3) is 6.89. The largest absolute Gasteiger partial charge is 0.494 e. The highest BCUT2D eigenvalue weighted by molar-refractivity contribution is 14.1. The van der Waals surface area contributed by atoms with E-state index in [0.717, 1.165) is 3.57 Å². The van der Waals surface area contributed by atoms with Crippen molar-refractivity contribution < 1.29 is 19.1 Å². The Morgan fingerprint density at radius 2 is 1.59 bits per heavy atom. The lowest BCUT2D eigenvalue weighted by Gasteiger charge is -2.09. The summed E-state index contributed by atoms with van der Waals surface area (Å²) >= 11 is 2.05. The molecule has 3 N–H and O–H groups in total. The Morgan fingerprint density at radius 3 is 2.26 bits per heavy atom. The van der Waals surface area contributed by atoms with E-state index in [1.165, 1.54) is 0 Å². The number of nitrogens with one attached hydrogen (secondary N) is 3. The standard InChI is InChI=1S/C19H20IN3O4/c1-2-27-14-9-7-13(8-10-14)23-18(25)12-21-17(24)11-22-19(26)15-5-3-4-6-16(15)20/h3-10H,2,11-12H2,1H3,(H,21,24)(H,22,26)(H,23,25). The number of rotatable bonds is 8. The van der Waals surface area contributed by atoms with Crippen LogP contribution in [0.15, 0.2) is 48.5 Å². The fourth-order valence-corrected chi connectivity index (χ4v) is 2.78. The van der Waals surface area contributed by atoms with E-state index in [1.807, 2.05) is 13.0 Å². The van der Waals surface area contributed by atoms with Crippen LogP contribution in [-0.2, 0) is 9.59 Å². The molecule has 7 nitrogen and oxygen atoms in total. The molecule has 0 radical (unpaired) electrons. The number of halogens is 1. The van der Waals surface area contributed by atoms with Gasteiger partial charge in [-0.3, -0.25) is 14.4 Å². The van der Waals surface area contributed by atoms with Crippen LogP contribution in [0.1, 0.15) is 17.3 Å². The smallest absolute Gasteiger partial charge is 0.252 e.